The zero-order chi connectivity index (χ0) is 21.3. The molecule has 0 aliphatic carbocycles. The lowest BCUT2D eigenvalue weighted by Crippen LogP contribution is -2.47. The van der Waals surface area contributed by atoms with Crippen LogP contribution in [-0.4, -0.2) is 66.2 Å². The summed E-state index contributed by atoms with van der Waals surface area (Å²) in [6.45, 7) is 5.35. The summed E-state index contributed by atoms with van der Waals surface area (Å²) >= 11 is 0. The maximum Gasteiger partial charge on any atom is 0.270 e. The van der Waals surface area contributed by atoms with E-state index in [0.29, 0.717) is 28.3 Å². The van der Waals surface area contributed by atoms with Crippen molar-refractivity contribution in [3.8, 4) is 11.5 Å². The van der Waals surface area contributed by atoms with Crippen LogP contribution < -0.4 is 19.1 Å². The Morgan fingerprint density at radius 3 is 2.31 bits per heavy atom. The van der Waals surface area contributed by atoms with Crippen LogP contribution in [0.1, 0.15) is 32.3 Å². The van der Waals surface area contributed by atoms with E-state index in [4.69, 9.17) is 9.47 Å². The highest BCUT2D eigenvalue weighted by Gasteiger charge is 2.40. The number of likely N-dealkylation sites (tertiary alicyclic amines) is 1. The first kappa shape index (κ1) is 21.4. The van der Waals surface area contributed by atoms with Crippen molar-refractivity contribution in [1.29, 1.82) is 0 Å². The SMILES string of the molecule is CCN1c2cc(OC)c(OC)cc2C(C)=C(C(=O)NC2CCN(C)CC2)S1(=O)=O. The van der Waals surface area contributed by atoms with Crippen LogP contribution in [0.5, 0.6) is 11.5 Å². The van der Waals surface area contributed by atoms with Crippen molar-refractivity contribution in [3.63, 3.8) is 0 Å². The molecule has 0 unspecified atom stereocenters. The number of benzene rings is 1. The topological polar surface area (TPSA) is 88.2 Å². The second-order valence-corrected chi connectivity index (χ2v) is 9.20. The third kappa shape index (κ3) is 3.81. The number of anilines is 1. The van der Waals surface area contributed by atoms with E-state index in [2.05, 4.69) is 10.2 Å². The van der Waals surface area contributed by atoms with E-state index >= 15 is 0 Å². The molecule has 1 aromatic rings. The minimum atomic E-state index is -3.99. The Labute approximate surface area is 172 Å². The van der Waals surface area contributed by atoms with Gasteiger partial charge in [0.2, 0.25) is 0 Å². The van der Waals surface area contributed by atoms with E-state index in [-0.39, 0.29) is 17.5 Å². The number of carbonyl (C=O) groups excluding carboxylic acids is 1. The number of ether oxygens (including phenoxy) is 2. The Bertz CT molecular complexity index is 934. The van der Waals surface area contributed by atoms with Gasteiger partial charge in [-0.3, -0.25) is 9.10 Å². The minimum Gasteiger partial charge on any atom is -0.493 e. The Kier molecular flexibility index (Phi) is 6.09. The van der Waals surface area contributed by atoms with Crippen LogP contribution in [0.3, 0.4) is 0 Å². The van der Waals surface area contributed by atoms with Gasteiger partial charge in [0.05, 0.1) is 19.9 Å². The molecular weight excluding hydrogens is 394 g/mol. The van der Waals surface area contributed by atoms with Gasteiger partial charge >= 0.3 is 0 Å². The second-order valence-electron chi connectivity index (χ2n) is 7.40. The standard InChI is InChI=1S/C20H29N3O5S/c1-6-23-16-12-18(28-5)17(27-4)11-15(16)13(2)19(29(23,25)26)20(24)21-14-7-9-22(3)10-8-14/h11-12,14H,6-10H2,1-5H3,(H,21,24). The summed E-state index contributed by atoms with van der Waals surface area (Å²) in [5.74, 6) is 0.374. The second kappa shape index (κ2) is 8.23. The molecule has 2 aliphatic heterocycles. The number of rotatable bonds is 5. The van der Waals surface area contributed by atoms with E-state index in [9.17, 15) is 13.2 Å². The maximum atomic E-state index is 13.3. The van der Waals surface area contributed by atoms with Gasteiger partial charge in [0.15, 0.2) is 16.4 Å². The molecule has 1 aromatic carbocycles. The van der Waals surface area contributed by atoms with Gasteiger partial charge < -0.3 is 19.7 Å². The predicted molar refractivity (Wildman–Crippen MR) is 113 cm³/mol. The van der Waals surface area contributed by atoms with E-state index in [1.54, 1.807) is 26.0 Å². The molecule has 2 aliphatic rings. The molecule has 29 heavy (non-hydrogen) atoms. The Balaban J connectivity index is 2.07. The van der Waals surface area contributed by atoms with Gasteiger partial charge in [-0.1, -0.05) is 0 Å². The number of fused-ring (bicyclic) bond motifs is 1. The summed E-state index contributed by atoms with van der Waals surface area (Å²) in [6, 6.07) is 3.34. The fourth-order valence-electron chi connectivity index (χ4n) is 3.96. The van der Waals surface area contributed by atoms with Crippen LogP contribution in [0.2, 0.25) is 0 Å². The van der Waals surface area contributed by atoms with Gasteiger partial charge in [0.1, 0.15) is 0 Å². The van der Waals surface area contributed by atoms with Crippen LogP contribution in [-0.2, 0) is 14.8 Å². The lowest BCUT2D eigenvalue weighted by atomic mass is 10.0. The molecule has 2 heterocycles. The third-order valence-electron chi connectivity index (χ3n) is 5.61. The smallest absolute Gasteiger partial charge is 0.270 e. The molecule has 0 saturated carbocycles. The number of methoxy groups -OCH3 is 2. The van der Waals surface area contributed by atoms with Crippen molar-refractivity contribution in [3.05, 3.63) is 22.6 Å². The molecule has 0 spiro atoms. The number of allylic oxidation sites excluding steroid dienone is 1. The molecule has 0 bridgehead atoms. The molecule has 3 rings (SSSR count). The Morgan fingerprint density at radius 2 is 1.76 bits per heavy atom. The minimum absolute atomic E-state index is 0.0314. The van der Waals surface area contributed by atoms with Crippen LogP contribution in [0, 0.1) is 0 Å². The first-order valence-electron chi connectivity index (χ1n) is 9.74. The van der Waals surface area contributed by atoms with Gasteiger partial charge in [-0.15, -0.1) is 0 Å². The zero-order valence-electron chi connectivity index (χ0n) is 17.6. The van der Waals surface area contributed by atoms with Crippen molar-refractivity contribution in [2.24, 2.45) is 0 Å². The molecule has 160 valence electrons. The van der Waals surface area contributed by atoms with Crippen molar-refractivity contribution >= 4 is 27.2 Å². The van der Waals surface area contributed by atoms with Crippen molar-refractivity contribution in [2.75, 3.05) is 45.2 Å². The monoisotopic (exact) mass is 423 g/mol. The third-order valence-corrected chi connectivity index (χ3v) is 7.65. The number of carbonyl (C=O) groups is 1. The normalized spacial score (nSPS) is 19.7. The average molecular weight is 424 g/mol. The number of sulfonamides is 1. The van der Waals surface area contributed by atoms with Crippen molar-refractivity contribution < 1.29 is 22.7 Å². The fourth-order valence-corrected chi connectivity index (χ4v) is 5.72. The fraction of sp³-hybridized carbons (Fsp3) is 0.550. The van der Waals surface area contributed by atoms with Crippen LogP contribution >= 0.6 is 0 Å². The summed E-state index contributed by atoms with van der Waals surface area (Å²) in [5.41, 5.74) is 1.54. The van der Waals surface area contributed by atoms with Gasteiger partial charge in [0, 0.05) is 24.2 Å². The number of hydrogen-bond acceptors (Lipinski definition) is 6. The Morgan fingerprint density at radius 1 is 1.17 bits per heavy atom. The van der Waals surface area contributed by atoms with E-state index in [1.165, 1.54) is 18.5 Å². The highest BCUT2D eigenvalue weighted by atomic mass is 32.2. The van der Waals surface area contributed by atoms with Gasteiger partial charge in [-0.25, -0.2) is 8.42 Å². The lowest BCUT2D eigenvalue weighted by Gasteiger charge is -2.34. The number of nitrogens with one attached hydrogen (secondary N) is 1. The molecule has 0 radical (unpaired) electrons. The quantitative estimate of drug-likeness (QED) is 0.777. The summed E-state index contributed by atoms with van der Waals surface area (Å²) in [7, 11) is 1.07. The molecule has 1 amide bonds. The molecule has 0 atom stereocenters. The molecule has 8 nitrogen and oxygen atoms in total. The summed E-state index contributed by atoms with van der Waals surface area (Å²) < 4.78 is 38.6. The van der Waals surface area contributed by atoms with Crippen molar-refractivity contribution in [1.82, 2.24) is 10.2 Å². The van der Waals surface area contributed by atoms with E-state index < -0.39 is 15.9 Å². The Hall–Kier alpha value is -2.26. The number of piperidine rings is 1. The molecule has 9 heteroatoms. The van der Waals surface area contributed by atoms with Gasteiger partial charge in [0.25, 0.3) is 15.9 Å². The number of hydrogen-bond donors (Lipinski definition) is 1. The van der Waals surface area contributed by atoms with Crippen molar-refractivity contribution in [2.45, 2.75) is 32.7 Å². The zero-order valence-corrected chi connectivity index (χ0v) is 18.4. The van der Waals surface area contributed by atoms with E-state index in [0.717, 1.165) is 25.9 Å². The maximum absolute atomic E-state index is 13.3. The van der Waals surface area contributed by atoms with Crippen LogP contribution in [0.4, 0.5) is 5.69 Å². The average Bonchev–Trinajstić information content (AvgIpc) is 2.68. The molecule has 0 aromatic heterocycles. The number of nitrogens with zero attached hydrogens (tertiary/aromatic N) is 2. The first-order chi connectivity index (χ1) is 13.7. The van der Waals surface area contributed by atoms with Crippen LogP contribution in [0.15, 0.2) is 17.0 Å². The highest BCUT2D eigenvalue weighted by molar-refractivity contribution is 7.97. The summed E-state index contributed by atoms with van der Waals surface area (Å²) in [5, 5.41) is 2.94. The van der Waals surface area contributed by atoms with Gasteiger partial charge in [-0.2, -0.15) is 0 Å². The lowest BCUT2D eigenvalue weighted by molar-refractivity contribution is -0.117. The predicted octanol–water partition coefficient (Wildman–Crippen LogP) is 1.81. The van der Waals surface area contributed by atoms with E-state index in [1.807, 2.05) is 7.05 Å². The molecular formula is C20H29N3O5S. The van der Waals surface area contributed by atoms with Gasteiger partial charge in [-0.05, 0) is 58.5 Å². The molecule has 1 fully saturated rings. The largest absolute Gasteiger partial charge is 0.493 e. The van der Waals surface area contributed by atoms with Crippen LogP contribution in [0.25, 0.3) is 5.57 Å². The first-order valence-corrected chi connectivity index (χ1v) is 11.2. The number of amides is 1. The highest BCUT2D eigenvalue weighted by Crippen LogP contribution is 2.44. The molecule has 1 saturated heterocycles. The summed E-state index contributed by atoms with van der Waals surface area (Å²) in [6.07, 6.45) is 1.60. The summed E-state index contributed by atoms with van der Waals surface area (Å²) in [4.78, 5) is 15.1. The molecule has 1 N–H and O–H groups in total.